The molecule has 3 aliphatic heterocycles. The van der Waals surface area contributed by atoms with E-state index in [4.69, 9.17) is 4.74 Å². The van der Waals surface area contributed by atoms with Gasteiger partial charge in [0, 0.05) is 71.8 Å². The Labute approximate surface area is 276 Å². The number of fused-ring (bicyclic) bond motifs is 1. The third-order valence-electron chi connectivity index (χ3n) is 9.77. The monoisotopic (exact) mass is 668 g/mol. The number of likely N-dealkylation sites (tertiary alicyclic amines) is 2. The maximum absolute atomic E-state index is 14.3. The third-order valence-corrected chi connectivity index (χ3v) is 12.5. The minimum atomic E-state index is -3.92. The van der Waals surface area contributed by atoms with Crippen molar-refractivity contribution in [2.45, 2.75) is 97.8 Å². The smallest absolute Gasteiger partial charge is 0.210 e. The number of sulfone groups is 1. The van der Waals surface area contributed by atoms with E-state index in [0.29, 0.717) is 39.3 Å². The molecule has 1 unspecified atom stereocenters. The van der Waals surface area contributed by atoms with Crippen LogP contribution in [0.15, 0.2) is 63.3 Å². The molecule has 3 aromatic rings. The molecule has 3 aliphatic rings. The second-order valence-corrected chi connectivity index (χ2v) is 17.3. The zero-order valence-corrected chi connectivity index (χ0v) is 29.2. The molecule has 0 saturated carbocycles. The number of aromatic nitrogens is 1. The van der Waals surface area contributed by atoms with Crippen molar-refractivity contribution in [1.29, 1.82) is 0 Å². The number of benzene rings is 2. The fraction of sp³-hybridized carbons (Fsp3) is 0.571. The number of aliphatic hydroxyl groups is 1. The lowest BCUT2D eigenvalue weighted by atomic mass is 9.95. The largest absolute Gasteiger partial charge is 0.488 e. The molecule has 2 aromatic carbocycles. The number of hydrogen-bond acceptors (Lipinski definition) is 9. The molecule has 0 aliphatic carbocycles. The predicted molar refractivity (Wildman–Crippen MR) is 183 cm³/mol. The van der Waals surface area contributed by atoms with Crippen LogP contribution in [0, 0.1) is 0 Å². The first-order valence-electron chi connectivity index (χ1n) is 16.6. The maximum Gasteiger partial charge on any atom is 0.210 e. The van der Waals surface area contributed by atoms with Crippen LogP contribution in [0.3, 0.4) is 0 Å². The number of aliphatic hydroxyl groups excluding tert-OH is 1. The number of nitrogens with zero attached hydrogens (tertiary/aromatic N) is 4. The highest BCUT2D eigenvalue weighted by Crippen LogP contribution is 2.39. The van der Waals surface area contributed by atoms with Gasteiger partial charge in [0.2, 0.25) is 9.84 Å². The van der Waals surface area contributed by atoms with Gasteiger partial charge in [0.15, 0.2) is 0 Å². The molecule has 46 heavy (non-hydrogen) atoms. The number of pyridine rings is 1. The Morgan fingerprint density at radius 1 is 0.848 bits per heavy atom. The van der Waals surface area contributed by atoms with Gasteiger partial charge in [-0.15, -0.1) is 0 Å². The zero-order valence-electron chi connectivity index (χ0n) is 27.5. The van der Waals surface area contributed by atoms with Crippen LogP contribution in [0.25, 0.3) is 10.9 Å². The second-order valence-electron chi connectivity index (χ2n) is 14.0. The van der Waals surface area contributed by atoms with E-state index >= 15 is 0 Å². The summed E-state index contributed by atoms with van der Waals surface area (Å²) in [5.74, 6) is 0.610. The molecule has 1 atom stereocenters. The van der Waals surface area contributed by atoms with Crippen LogP contribution >= 0.6 is 0 Å². The highest BCUT2D eigenvalue weighted by atomic mass is 32.2. The number of ether oxygens (including phenoxy) is 1. The summed E-state index contributed by atoms with van der Waals surface area (Å²) in [5, 5.41) is 10.6. The standard InChI is InChI=1S/C35H48N4O5S2/c1-35(2,3)44-28-5-8-30(9-6-28)46(42,43)33-24-36-32-10-7-29(45(4)41)23-31(32)34(33)39-19-13-26(14-20-39)37-17-11-25(12-18-37)38-21-15-27(40)16-22-38/h5-10,23-27,40H,11-22H2,1-4H3. The molecule has 250 valence electrons. The van der Waals surface area contributed by atoms with Crippen molar-refractivity contribution >= 4 is 37.2 Å². The highest BCUT2D eigenvalue weighted by Gasteiger charge is 2.34. The van der Waals surface area contributed by atoms with E-state index in [1.165, 1.54) is 6.20 Å². The van der Waals surface area contributed by atoms with E-state index in [1.54, 1.807) is 36.6 Å². The van der Waals surface area contributed by atoms with Gasteiger partial charge in [-0.3, -0.25) is 9.19 Å². The molecule has 11 heteroatoms. The van der Waals surface area contributed by atoms with Crippen molar-refractivity contribution in [2.24, 2.45) is 0 Å². The minimum absolute atomic E-state index is 0.140. The topological polar surface area (TPSA) is 103 Å². The lowest BCUT2D eigenvalue weighted by molar-refractivity contribution is 0.0289. The Bertz CT molecular complexity index is 1650. The Kier molecular flexibility index (Phi) is 9.79. The van der Waals surface area contributed by atoms with Crippen LogP contribution in [0.5, 0.6) is 5.75 Å². The Morgan fingerprint density at radius 3 is 1.98 bits per heavy atom. The predicted octanol–water partition coefficient (Wildman–Crippen LogP) is 4.87. The van der Waals surface area contributed by atoms with Crippen molar-refractivity contribution in [2.75, 3.05) is 50.4 Å². The summed E-state index contributed by atoms with van der Waals surface area (Å²) in [6.45, 7) is 11.5. The van der Waals surface area contributed by atoms with Crippen LogP contribution < -0.4 is 9.64 Å². The Morgan fingerprint density at radius 2 is 1.41 bits per heavy atom. The summed E-state index contributed by atoms with van der Waals surface area (Å²) < 4.78 is 46.9. The van der Waals surface area contributed by atoms with Gasteiger partial charge in [0.05, 0.1) is 22.2 Å². The molecule has 0 radical (unpaired) electrons. The lowest BCUT2D eigenvalue weighted by Crippen LogP contribution is -2.52. The van der Waals surface area contributed by atoms with E-state index in [9.17, 15) is 17.7 Å². The lowest BCUT2D eigenvalue weighted by Gasteiger charge is -2.45. The number of anilines is 1. The number of piperidine rings is 3. The first-order valence-corrected chi connectivity index (χ1v) is 19.6. The van der Waals surface area contributed by atoms with Crippen molar-refractivity contribution in [3.8, 4) is 5.75 Å². The quantitative estimate of drug-likeness (QED) is 0.378. The second kappa shape index (κ2) is 13.5. The van der Waals surface area contributed by atoms with Crippen LogP contribution in [-0.2, 0) is 20.6 Å². The summed E-state index contributed by atoms with van der Waals surface area (Å²) in [5.41, 5.74) is 0.940. The molecule has 0 amide bonds. The first kappa shape index (κ1) is 33.3. The van der Waals surface area contributed by atoms with E-state index in [1.807, 2.05) is 32.9 Å². The SMILES string of the molecule is CS(=O)c1ccc2ncc(S(=O)(=O)c3ccc(OC(C)(C)C)cc3)c(N3CCC(N4CCC(N5CCC(O)CC5)CC4)CC3)c2c1. The molecule has 6 rings (SSSR count). The molecular formula is C35H48N4O5S2. The molecule has 3 saturated heterocycles. The Balaban J connectivity index is 1.24. The molecule has 0 bridgehead atoms. The summed E-state index contributed by atoms with van der Waals surface area (Å²) >= 11 is 0. The van der Waals surface area contributed by atoms with Crippen LogP contribution in [0.1, 0.15) is 59.3 Å². The number of rotatable bonds is 7. The normalized spacial score (nSPS) is 21.1. The van der Waals surface area contributed by atoms with Crippen LogP contribution in [-0.4, -0.2) is 102 Å². The zero-order chi connectivity index (χ0) is 32.6. The molecular weight excluding hydrogens is 621 g/mol. The van der Waals surface area contributed by atoms with E-state index in [-0.39, 0.29) is 15.9 Å². The van der Waals surface area contributed by atoms with E-state index < -0.39 is 26.2 Å². The molecule has 1 aromatic heterocycles. The maximum atomic E-state index is 14.3. The van der Waals surface area contributed by atoms with Crippen molar-refractivity contribution < 1.29 is 22.5 Å². The van der Waals surface area contributed by atoms with Gasteiger partial charge in [-0.1, -0.05) is 0 Å². The summed E-state index contributed by atoms with van der Waals surface area (Å²) in [6, 6.07) is 13.2. The van der Waals surface area contributed by atoms with E-state index in [2.05, 4.69) is 19.7 Å². The van der Waals surface area contributed by atoms with Gasteiger partial charge < -0.3 is 24.5 Å². The van der Waals surface area contributed by atoms with Gasteiger partial charge in [0.25, 0.3) is 0 Å². The van der Waals surface area contributed by atoms with Gasteiger partial charge in [-0.2, -0.15) is 0 Å². The van der Waals surface area contributed by atoms with Crippen LogP contribution in [0.4, 0.5) is 5.69 Å². The molecule has 1 N–H and O–H groups in total. The fourth-order valence-corrected chi connectivity index (χ4v) is 9.31. The summed E-state index contributed by atoms with van der Waals surface area (Å²) in [6.07, 6.45) is 8.96. The first-order chi connectivity index (χ1) is 21.9. The van der Waals surface area contributed by atoms with E-state index in [0.717, 1.165) is 77.8 Å². The number of hydrogen-bond donors (Lipinski definition) is 1. The van der Waals surface area contributed by atoms with Crippen molar-refractivity contribution in [1.82, 2.24) is 14.8 Å². The third kappa shape index (κ3) is 7.28. The minimum Gasteiger partial charge on any atom is -0.488 e. The van der Waals surface area contributed by atoms with Crippen molar-refractivity contribution in [3.63, 3.8) is 0 Å². The average Bonchev–Trinajstić information content (AvgIpc) is 3.04. The van der Waals surface area contributed by atoms with Gasteiger partial charge >= 0.3 is 0 Å². The molecule has 3 fully saturated rings. The highest BCUT2D eigenvalue weighted by molar-refractivity contribution is 7.91. The van der Waals surface area contributed by atoms with Gasteiger partial charge in [0.1, 0.15) is 16.2 Å². The van der Waals surface area contributed by atoms with Gasteiger partial charge in [-0.05, 0) is 115 Å². The fourth-order valence-electron chi connectivity index (χ4n) is 7.33. The average molecular weight is 669 g/mol. The van der Waals surface area contributed by atoms with Gasteiger partial charge in [-0.25, -0.2) is 8.42 Å². The summed E-state index contributed by atoms with van der Waals surface area (Å²) in [4.78, 5) is 13.0. The summed E-state index contributed by atoms with van der Waals surface area (Å²) in [7, 11) is -5.15. The van der Waals surface area contributed by atoms with Crippen molar-refractivity contribution in [3.05, 3.63) is 48.7 Å². The molecule has 4 heterocycles. The molecule has 0 spiro atoms. The molecule has 9 nitrogen and oxygen atoms in total. The Hall–Kier alpha value is -2.57. The van der Waals surface area contributed by atoms with Crippen LogP contribution in [0.2, 0.25) is 0 Å².